The fraction of sp³-hybridized carbons (Fsp3) is 0.303. The molecule has 1 N–H and O–H groups in total. The summed E-state index contributed by atoms with van der Waals surface area (Å²) in [6, 6.07) is 19.9. The van der Waals surface area contributed by atoms with Crippen LogP contribution in [0.15, 0.2) is 60.7 Å². The number of H-pyrrole nitrogens is 1. The van der Waals surface area contributed by atoms with Crippen LogP contribution < -0.4 is 0 Å². The third-order valence-corrected chi connectivity index (χ3v) is 8.67. The van der Waals surface area contributed by atoms with Crippen LogP contribution in [0.25, 0.3) is 44.3 Å². The molecule has 37 heavy (non-hydrogen) atoms. The molecule has 0 spiro atoms. The van der Waals surface area contributed by atoms with Crippen molar-refractivity contribution >= 4 is 27.6 Å². The smallest absolute Gasteiger partial charge is 0.159 e. The van der Waals surface area contributed by atoms with E-state index >= 15 is 0 Å². The monoisotopic (exact) mass is 490 g/mol. The van der Waals surface area contributed by atoms with Gasteiger partial charge in [-0.2, -0.15) is 0 Å². The van der Waals surface area contributed by atoms with E-state index in [2.05, 4.69) is 39.9 Å². The van der Waals surface area contributed by atoms with E-state index in [0.29, 0.717) is 11.5 Å². The summed E-state index contributed by atoms with van der Waals surface area (Å²) in [7, 11) is 0. The number of hydrogen-bond donors (Lipinski definition) is 1. The van der Waals surface area contributed by atoms with Gasteiger partial charge in [0.05, 0.1) is 5.69 Å². The van der Waals surface area contributed by atoms with Gasteiger partial charge in [-0.1, -0.05) is 49.6 Å². The molecule has 1 saturated carbocycles. The first-order valence-corrected chi connectivity index (χ1v) is 13.7. The number of Topliss-reactive ketones (excluding diaryl/α,β-unsaturated/α-hetero) is 1. The average molecular weight is 491 g/mol. The van der Waals surface area contributed by atoms with Gasteiger partial charge in [0.2, 0.25) is 0 Å². The fourth-order valence-corrected chi connectivity index (χ4v) is 6.92. The maximum Gasteiger partial charge on any atom is 0.159 e. The second-order valence-electron chi connectivity index (χ2n) is 10.9. The summed E-state index contributed by atoms with van der Waals surface area (Å²) in [4.78, 5) is 15.8. The molecule has 1 fully saturated rings. The lowest BCUT2D eigenvalue weighted by Gasteiger charge is -2.24. The van der Waals surface area contributed by atoms with Gasteiger partial charge in [-0.05, 0) is 80.0 Å². The Morgan fingerprint density at radius 2 is 1.76 bits per heavy atom. The maximum atomic E-state index is 14.6. The number of hydrogen-bond acceptors (Lipinski definition) is 1. The summed E-state index contributed by atoms with van der Waals surface area (Å²) < 4.78 is 17.1. The lowest BCUT2D eigenvalue weighted by atomic mass is 9.81. The predicted molar refractivity (Wildman–Crippen MR) is 149 cm³/mol. The van der Waals surface area contributed by atoms with Crippen molar-refractivity contribution in [1.82, 2.24) is 9.55 Å². The number of nitrogens with one attached hydrogen (secondary N) is 1. The number of nitrogens with zero attached hydrogens (tertiary/aromatic N) is 1. The zero-order valence-electron chi connectivity index (χ0n) is 21.2. The zero-order chi connectivity index (χ0) is 25.1. The van der Waals surface area contributed by atoms with Crippen molar-refractivity contribution in [2.75, 3.05) is 0 Å². The van der Waals surface area contributed by atoms with Gasteiger partial charge in [-0.15, -0.1) is 0 Å². The molecule has 0 radical (unpaired) electrons. The highest BCUT2D eigenvalue weighted by atomic mass is 19.1. The minimum Gasteiger partial charge on any atom is -0.354 e. The molecular weight excluding hydrogens is 459 g/mol. The molecule has 0 bridgehead atoms. The van der Waals surface area contributed by atoms with Gasteiger partial charge in [0, 0.05) is 50.7 Å². The van der Waals surface area contributed by atoms with Gasteiger partial charge in [-0.25, -0.2) is 4.39 Å². The highest BCUT2D eigenvalue weighted by Gasteiger charge is 2.29. The van der Waals surface area contributed by atoms with E-state index in [-0.39, 0.29) is 11.6 Å². The second-order valence-corrected chi connectivity index (χ2v) is 10.9. The van der Waals surface area contributed by atoms with Crippen molar-refractivity contribution in [3.8, 4) is 22.5 Å². The standard InChI is InChI=1S/C33H31FN2O/c1-20(37)22-13-14-26-31(18-22)36-17-7-11-23-24(33(36)32(26)21-8-3-2-4-9-21)15-16-29-27(23)19-30(35-29)25-10-5-6-12-28(25)34/h5-6,10,12-16,18-19,21,35H,2-4,7-9,11,17H2,1H3. The Morgan fingerprint density at radius 1 is 0.919 bits per heavy atom. The van der Waals surface area contributed by atoms with Gasteiger partial charge >= 0.3 is 0 Å². The molecule has 0 unspecified atom stereocenters. The van der Waals surface area contributed by atoms with Crippen LogP contribution in [-0.4, -0.2) is 15.3 Å². The summed E-state index contributed by atoms with van der Waals surface area (Å²) in [6.07, 6.45) is 8.31. The van der Waals surface area contributed by atoms with E-state index in [9.17, 15) is 9.18 Å². The number of carbonyl (C=O) groups excluding carboxylic acids is 1. The van der Waals surface area contributed by atoms with Crippen molar-refractivity contribution in [2.45, 2.75) is 64.3 Å². The first kappa shape index (κ1) is 22.5. The first-order valence-electron chi connectivity index (χ1n) is 13.7. The van der Waals surface area contributed by atoms with Crippen LogP contribution in [0.5, 0.6) is 0 Å². The van der Waals surface area contributed by atoms with Crippen LogP contribution in [0, 0.1) is 5.82 Å². The molecule has 3 nitrogen and oxygen atoms in total. The van der Waals surface area contributed by atoms with Crippen molar-refractivity contribution in [1.29, 1.82) is 0 Å². The minimum absolute atomic E-state index is 0.111. The van der Waals surface area contributed by atoms with Crippen molar-refractivity contribution in [2.24, 2.45) is 0 Å². The lowest BCUT2D eigenvalue weighted by Crippen LogP contribution is -2.07. The van der Waals surface area contributed by atoms with E-state index in [0.717, 1.165) is 36.2 Å². The van der Waals surface area contributed by atoms with Crippen LogP contribution in [0.4, 0.5) is 4.39 Å². The topological polar surface area (TPSA) is 37.8 Å². The molecule has 1 aliphatic carbocycles. The third-order valence-electron chi connectivity index (χ3n) is 8.67. The summed E-state index contributed by atoms with van der Waals surface area (Å²) in [5, 5.41) is 2.49. The van der Waals surface area contributed by atoms with Gasteiger partial charge in [0.25, 0.3) is 0 Å². The number of carbonyl (C=O) groups is 1. The van der Waals surface area contributed by atoms with Crippen LogP contribution in [0.3, 0.4) is 0 Å². The van der Waals surface area contributed by atoms with Gasteiger partial charge < -0.3 is 9.55 Å². The quantitative estimate of drug-likeness (QED) is 0.252. The van der Waals surface area contributed by atoms with Crippen LogP contribution in [-0.2, 0) is 13.0 Å². The van der Waals surface area contributed by atoms with Crippen molar-refractivity contribution in [3.05, 3.63) is 83.2 Å². The largest absolute Gasteiger partial charge is 0.354 e. The molecule has 0 amide bonds. The molecule has 2 aromatic heterocycles. The number of rotatable bonds is 3. The number of aryl methyl sites for hydroxylation is 2. The Balaban J connectivity index is 1.50. The SMILES string of the molecule is CC(=O)c1ccc2c(C3CCCCC3)c3n(c2c1)CCCc1c-3ccc2[nH]c(-c3ccccc3F)cc12. The third kappa shape index (κ3) is 3.57. The minimum atomic E-state index is -0.207. The van der Waals surface area contributed by atoms with E-state index < -0.39 is 0 Å². The second kappa shape index (κ2) is 8.72. The summed E-state index contributed by atoms with van der Waals surface area (Å²) in [5.74, 6) is 0.444. The molecule has 0 saturated heterocycles. The maximum absolute atomic E-state index is 14.6. The number of fused-ring (bicyclic) bond motifs is 7. The number of aromatic nitrogens is 2. The van der Waals surface area contributed by atoms with E-state index in [1.165, 1.54) is 76.8 Å². The highest BCUT2D eigenvalue weighted by Crippen LogP contribution is 2.47. The molecule has 7 rings (SSSR count). The Kier molecular flexibility index (Phi) is 5.31. The van der Waals surface area contributed by atoms with Crippen LogP contribution >= 0.6 is 0 Å². The lowest BCUT2D eigenvalue weighted by molar-refractivity contribution is 0.101. The molecule has 4 heteroatoms. The molecule has 186 valence electrons. The average Bonchev–Trinajstić information content (AvgIpc) is 3.43. The number of benzene rings is 3. The molecular formula is C33H31FN2O. The highest BCUT2D eigenvalue weighted by molar-refractivity contribution is 6.02. The van der Waals surface area contributed by atoms with E-state index in [1.807, 2.05) is 18.2 Å². The van der Waals surface area contributed by atoms with E-state index in [4.69, 9.17) is 0 Å². The van der Waals surface area contributed by atoms with Gasteiger partial charge in [-0.3, -0.25) is 4.79 Å². The molecule has 2 aliphatic rings. The number of halogens is 1. The predicted octanol–water partition coefficient (Wildman–Crippen LogP) is 8.79. The molecule has 1 aliphatic heterocycles. The fourth-order valence-electron chi connectivity index (χ4n) is 6.92. The molecule has 3 heterocycles. The summed E-state index contributed by atoms with van der Waals surface area (Å²) >= 11 is 0. The van der Waals surface area contributed by atoms with Crippen LogP contribution in [0.1, 0.15) is 72.9 Å². The van der Waals surface area contributed by atoms with Gasteiger partial charge in [0.15, 0.2) is 5.78 Å². The molecule has 3 aromatic carbocycles. The van der Waals surface area contributed by atoms with E-state index in [1.54, 1.807) is 13.0 Å². The summed E-state index contributed by atoms with van der Waals surface area (Å²) in [5.41, 5.74) is 9.91. The number of aromatic amines is 1. The Labute approximate surface area is 216 Å². The van der Waals surface area contributed by atoms with Gasteiger partial charge in [0.1, 0.15) is 5.82 Å². The molecule has 0 atom stereocenters. The Morgan fingerprint density at radius 3 is 2.57 bits per heavy atom. The Bertz CT molecular complexity index is 1680. The molecule has 5 aromatic rings. The number of ketones is 1. The first-order chi connectivity index (χ1) is 18.1. The zero-order valence-corrected chi connectivity index (χ0v) is 21.2. The van der Waals surface area contributed by atoms with Crippen LogP contribution in [0.2, 0.25) is 0 Å². The van der Waals surface area contributed by atoms with Crippen molar-refractivity contribution < 1.29 is 9.18 Å². The normalized spacial score (nSPS) is 16.1. The summed E-state index contributed by atoms with van der Waals surface area (Å²) in [6.45, 7) is 2.58. The Hall–Kier alpha value is -3.66. The van der Waals surface area contributed by atoms with Crippen molar-refractivity contribution in [3.63, 3.8) is 0 Å².